The Morgan fingerprint density at radius 3 is 2.72 bits per heavy atom. The summed E-state index contributed by atoms with van der Waals surface area (Å²) in [6, 6.07) is 2.14. The molecule has 0 amide bonds. The van der Waals surface area contributed by atoms with Gasteiger partial charge in [0.05, 0.1) is 12.5 Å². The van der Waals surface area contributed by atoms with Crippen LogP contribution in [-0.2, 0) is 0 Å². The van der Waals surface area contributed by atoms with Gasteiger partial charge in [0.15, 0.2) is 0 Å². The maximum Gasteiger partial charge on any atom is 0.222 e. The number of fused-ring (bicyclic) bond motifs is 1. The summed E-state index contributed by atoms with van der Waals surface area (Å²) in [4.78, 5) is 8.66. The number of pyridine rings is 2. The van der Waals surface area contributed by atoms with Crippen molar-refractivity contribution in [1.29, 1.82) is 0 Å². The van der Waals surface area contributed by atoms with Crippen molar-refractivity contribution in [2.75, 3.05) is 7.11 Å². The van der Waals surface area contributed by atoms with Crippen LogP contribution in [0.5, 0.6) is 5.88 Å². The van der Waals surface area contributed by atoms with Gasteiger partial charge in [0.1, 0.15) is 0 Å². The molecular formula is C14H17N3O. The second-order valence-electron chi connectivity index (χ2n) is 4.96. The van der Waals surface area contributed by atoms with E-state index < -0.39 is 0 Å². The lowest BCUT2D eigenvalue weighted by atomic mass is 9.99. The van der Waals surface area contributed by atoms with E-state index in [0.717, 1.165) is 22.0 Å². The van der Waals surface area contributed by atoms with E-state index in [4.69, 9.17) is 10.5 Å². The highest BCUT2D eigenvalue weighted by Crippen LogP contribution is 2.41. The lowest BCUT2D eigenvalue weighted by Crippen LogP contribution is -2.13. The molecule has 18 heavy (non-hydrogen) atoms. The molecule has 1 fully saturated rings. The van der Waals surface area contributed by atoms with E-state index in [9.17, 15) is 0 Å². The maximum absolute atomic E-state index is 6.31. The summed E-state index contributed by atoms with van der Waals surface area (Å²) in [7, 11) is 1.63. The third-order valence-corrected chi connectivity index (χ3v) is 3.59. The standard InChI is InChI=1S/C14H17N3O/c1-8-5-10-11(13(15)9-3-4-9)6-17-14(18-2)12(10)7-16-8/h5-7,9,13H,3-4,15H2,1-2H3/t13-/m1/s1. The summed E-state index contributed by atoms with van der Waals surface area (Å²) < 4.78 is 5.29. The highest BCUT2D eigenvalue weighted by Gasteiger charge is 2.31. The second-order valence-corrected chi connectivity index (χ2v) is 4.96. The molecule has 0 radical (unpaired) electrons. The van der Waals surface area contributed by atoms with E-state index in [0.29, 0.717) is 11.8 Å². The number of hydrogen-bond donors (Lipinski definition) is 1. The number of methoxy groups -OCH3 is 1. The number of aromatic nitrogens is 2. The molecule has 4 heteroatoms. The van der Waals surface area contributed by atoms with Gasteiger partial charge in [0.2, 0.25) is 5.88 Å². The van der Waals surface area contributed by atoms with Crippen molar-refractivity contribution in [3.05, 3.63) is 29.7 Å². The molecule has 0 aliphatic heterocycles. The lowest BCUT2D eigenvalue weighted by molar-refractivity contribution is 0.403. The molecule has 0 unspecified atom stereocenters. The predicted molar refractivity (Wildman–Crippen MR) is 70.5 cm³/mol. The monoisotopic (exact) mass is 243 g/mol. The average molecular weight is 243 g/mol. The zero-order valence-electron chi connectivity index (χ0n) is 10.7. The van der Waals surface area contributed by atoms with Gasteiger partial charge in [-0.1, -0.05) is 0 Å². The van der Waals surface area contributed by atoms with Crippen molar-refractivity contribution in [3.8, 4) is 5.88 Å². The van der Waals surface area contributed by atoms with Gasteiger partial charge in [-0.25, -0.2) is 4.98 Å². The zero-order chi connectivity index (χ0) is 12.7. The minimum Gasteiger partial charge on any atom is -0.481 e. The molecule has 1 saturated carbocycles. The van der Waals surface area contributed by atoms with Gasteiger partial charge in [0.25, 0.3) is 0 Å². The van der Waals surface area contributed by atoms with Crippen LogP contribution < -0.4 is 10.5 Å². The van der Waals surface area contributed by atoms with E-state index in [1.54, 1.807) is 7.11 Å². The Hall–Kier alpha value is -1.68. The van der Waals surface area contributed by atoms with E-state index in [-0.39, 0.29) is 6.04 Å². The number of rotatable bonds is 3. The van der Waals surface area contributed by atoms with Crippen LogP contribution in [0.25, 0.3) is 10.8 Å². The molecule has 0 bridgehead atoms. The van der Waals surface area contributed by atoms with Crippen molar-refractivity contribution in [2.45, 2.75) is 25.8 Å². The molecule has 1 aliphatic carbocycles. The minimum absolute atomic E-state index is 0.0766. The summed E-state index contributed by atoms with van der Waals surface area (Å²) in [5.41, 5.74) is 8.40. The van der Waals surface area contributed by atoms with Gasteiger partial charge in [-0.2, -0.15) is 0 Å². The van der Waals surface area contributed by atoms with Crippen molar-refractivity contribution < 1.29 is 4.74 Å². The first kappa shape index (κ1) is 11.4. The normalized spacial score (nSPS) is 16.8. The van der Waals surface area contributed by atoms with Crippen LogP contribution in [-0.4, -0.2) is 17.1 Å². The van der Waals surface area contributed by atoms with Gasteiger partial charge < -0.3 is 10.5 Å². The third-order valence-electron chi connectivity index (χ3n) is 3.59. The molecule has 2 aromatic heterocycles. The van der Waals surface area contributed by atoms with Crippen LogP contribution in [0.3, 0.4) is 0 Å². The van der Waals surface area contributed by atoms with Crippen LogP contribution in [0, 0.1) is 12.8 Å². The van der Waals surface area contributed by atoms with Crippen molar-refractivity contribution in [2.24, 2.45) is 11.7 Å². The lowest BCUT2D eigenvalue weighted by Gasteiger charge is -2.15. The Kier molecular flexibility index (Phi) is 2.67. The molecule has 0 spiro atoms. The van der Waals surface area contributed by atoms with E-state index >= 15 is 0 Å². The summed E-state index contributed by atoms with van der Waals surface area (Å²) in [5, 5.41) is 2.06. The number of nitrogens with zero attached hydrogens (tertiary/aromatic N) is 2. The third kappa shape index (κ3) is 1.82. The van der Waals surface area contributed by atoms with Crippen LogP contribution in [0.2, 0.25) is 0 Å². The Morgan fingerprint density at radius 2 is 2.06 bits per heavy atom. The summed E-state index contributed by atoms with van der Waals surface area (Å²) in [6.07, 6.45) is 6.11. The molecular weight excluding hydrogens is 226 g/mol. The molecule has 1 aliphatic rings. The van der Waals surface area contributed by atoms with E-state index in [1.807, 2.05) is 19.3 Å². The molecule has 94 valence electrons. The van der Waals surface area contributed by atoms with Gasteiger partial charge in [-0.05, 0) is 42.7 Å². The Morgan fingerprint density at radius 1 is 1.28 bits per heavy atom. The molecule has 2 aromatic rings. The number of ether oxygens (including phenoxy) is 1. The van der Waals surface area contributed by atoms with Crippen LogP contribution >= 0.6 is 0 Å². The summed E-state index contributed by atoms with van der Waals surface area (Å²) in [6.45, 7) is 1.98. The Balaban J connectivity index is 2.22. The second kappa shape index (κ2) is 4.21. The SMILES string of the molecule is COc1ncc([C@H](N)C2CC2)c2cc(C)ncc12. The fraction of sp³-hybridized carbons (Fsp3) is 0.429. The van der Waals surface area contributed by atoms with Crippen LogP contribution in [0.1, 0.15) is 30.1 Å². The van der Waals surface area contributed by atoms with Crippen molar-refractivity contribution in [1.82, 2.24) is 9.97 Å². The summed E-state index contributed by atoms with van der Waals surface area (Å²) in [5.74, 6) is 1.22. The quantitative estimate of drug-likeness (QED) is 0.899. The number of aryl methyl sites for hydroxylation is 1. The summed E-state index contributed by atoms with van der Waals surface area (Å²) >= 11 is 0. The van der Waals surface area contributed by atoms with Gasteiger partial charge in [-0.3, -0.25) is 4.98 Å². The van der Waals surface area contributed by atoms with Gasteiger partial charge in [-0.15, -0.1) is 0 Å². The Bertz CT molecular complexity index is 593. The molecule has 3 rings (SSSR count). The fourth-order valence-electron chi connectivity index (χ4n) is 2.37. The fourth-order valence-corrected chi connectivity index (χ4v) is 2.37. The molecule has 2 N–H and O–H groups in total. The van der Waals surface area contributed by atoms with E-state index in [1.165, 1.54) is 12.8 Å². The number of nitrogens with two attached hydrogens (primary N) is 1. The number of hydrogen-bond acceptors (Lipinski definition) is 4. The average Bonchev–Trinajstić information content (AvgIpc) is 3.20. The highest BCUT2D eigenvalue weighted by atomic mass is 16.5. The predicted octanol–water partition coefficient (Wildman–Crippen LogP) is 2.36. The zero-order valence-corrected chi connectivity index (χ0v) is 10.7. The van der Waals surface area contributed by atoms with Crippen molar-refractivity contribution >= 4 is 10.8 Å². The highest BCUT2D eigenvalue weighted by molar-refractivity contribution is 5.89. The molecule has 4 nitrogen and oxygen atoms in total. The van der Waals surface area contributed by atoms with E-state index in [2.05, 4.69) is 16.0 Å². The van der Waals surface area contributed by atoms with Crippen LogP contribution in [0.15, 0.2) is 18.5 Å². The topological polar surface area (TPSA) is 61.0 Å². The molecule has 2 heterocycles. The largest absolute Gasteiger partial charge is 0.481 e. The molecule has 0 aromatic carbocycles. The maximum atomic E-state index is 6.31. The minimum atomic E-state index is 0.0766. The smallest absolute Gasteiger partial charge is 0.222 e. The molecule has 0 saturated heterocycles. The van der Waals surface area contributed by atoms with Crippen LogP contribution in [0.4, 0.5) is 0 Å². The first-order valence-electron chi connectivity index (χ1n) is 6.25. The first-order chi connectivity index (χ1) is 8.70. The van der Waals surface area contributed by atoms with Gasteiger partial charge >= 0.3 is 0 Å². The van der Waals surface area contributed by atoms with Gasteiger partial charge in [0, 0.05) is 24.1 Å². The first-order valence-corrected chi connectivity index (χ1v) is 6.25. The molecule has 1 atom stereocenters. The van der Waals surface area contributed by atoms with Crippen molar-refractivity contribution in [3.63, 3.8) is 0 Å². The Labute approximate surface area is 106 Å².